The number of nitrogens with zero attached hydrogens (tertiary/aromatic N) is 2. The predicted octanol–water partition coefficient (Wildman–Crippen LogP) is 5.16. The van der Waals surface area contributed by atoms with E-state index in [0.717, 1.165) is 37.0 Å². The topological polar surface area (TPSA) is 92.3 Å². The van der Waals surface area contributed by atoms with E-state index < -0.39 is 5.56 Å². The Morgan fingerprint density at radius 2 is 1.88 bits per heavy atom. The third-order valence-corrected chi connectivity index (χ3v) is 7.01. The van der Waals surface area contributed by atoms with Gasteiger partial charge in [-0.2, -0.15) is 5.26 Å². The normalized spacial score (nSPS) is 18.0. The third kappa shape index (κ3) is 5.47. The van der Waals surface area contributed by atoms with Crippen LogP contribution in [0.1, 0.15) is 78.9 Å². The smallest absolute Gasteiger partial charge is 0.271 e. The Kier molecular flexibility index (Phi) is 8.32. The van der Waals surface area contributed by atoms with E-state index in [4.69, 9.17) is 4.74 Å². The lowest BCUT2D eigenvalue weighted by Gasteiger charge is -2.28. The van der Waals surface area contributed by atoms with Gasteiger partial charge >= 0.3 is 0 Å². The molecule has 1 aromatic heterocycles. The lowest BCUT2D eigenvalue weighted by molar-refractivity contribution is 0.0864. The SMILES string of the molecule is CCCCC1CCC(C(=O)c2c(C)c(C#N)c(=O)n(CCc3ccc(OC)cc3)c2O)CC1. The molecule has 2 aromatic rings. The number of methoxy groups -OCH3 is 1. The highest BCUT2D eigenvalue weighted by molar-refractivity contribution is 6.01. The molecule has 0 unspecified atom stereocenters. The molecular weight excluding hydrogens is 416 g/mol. The second-order valence-corrected chi connectivity index (χ2v) is 9.09. The number of hydrogen-bond donors (Lipinski definition) is 1. The second-order valence-electron chi connectivity index (χ2n) is 9.09. The summed E-state index contributed by atoms with van der Waals surface area (Å²) in [4.78, 5) is 26.3. The largest absolute Gasteiger partial charge is 0.497 e. The van der Waals surface area contributed by atoms with E-state index in [1.54, 1.807) is 14.0 Å². The molecule has 0 atom stereocenters. The van der Waals surface area contributed by atoms with Crippen LogP contribution < -0.4 is 10.3 Å². The van der Waals surface area contributed by atoms with Gasteiger partial charge in [-0.05, 0) is 68.2 Å². The van der Waals surface area contributed by atoms with E-state index in [1.807, 2.05) is 30.3 Å². The van der Waals surface area contributed by atoms with Crippen LogP contribution >= 0.6 is 0 Å². The van der Waals surface area contributed by atoms with E-state index in [9.17, 15) is 20.0 Å². The van der Waals surface area contributed by atoms with Gasteiger partial charge in [0.15, 0.2) is 5.78 Å². The first-order chi connectivity index (χ1) is 15.9. The van der Waals surface area contributed by atoms with Gasteiger partial charge in [0.2, 0.25) is 5.88 Å². The van der Waals surface area contributed by atoms with Gasteiger partial charge in [-0.15, -0.1) is 0 Å². The first-order valence-electron chi connectivity index (χ1n) is 11.9. The van der Waals surface area contributed by atoms with Crippen molar-refractivity contribution in [2.45, 2.75) is 71.8 Å². The molecule has 1 aromatic carbocycles. The highest BCUT2D eigenvalue weighted by Gasteiger charge is 2.31. The molecule has 0 bridgehead atoms. The van der Waals surface area contributed by atoms with Crippen LogP contribution in [0.3, 0.4) is 0 Å². The Morgan fingerprint density at radius 3 is 2.45 bits per heavy atom. The maximum atomic E-state index is 13.4. The monoisotopic (exact) mass is 450 g/mol. The van der Waals surface area contributed by atoms with Crippen LogP contribution in [0, 0.1) is 30.1 Å². The molecule has 1 saturated carbocycles. The number of benzene rings is 1. The van der Waals surface area contributed by atoms with Crippen molar-refractivity contribution in [2.75, 3.05) is 7.11 Å². The fourth-order valence-electron chi connectivity index (χ4n) is 4.90. The minimum absolute atomic E-state index is 0.0671. The molecule has 0 amide bonds. The van der Waals surface area contributed by atoms with Crippen molar-refractivity contribution in [2.24, 2.45) is 11.8 Å². The van der Waals surface area contributed by atoms with Crippen molar-refractivity contribution in [3.63, 3.8) is 0 Å². The van der Waals surface area contributed by atoms with E-state index >= 15 is 0 Å². The zero-order valence-corrected chi connectivity index (χ0v) is 19.9. The highest BCUT2D eigenvalue weighted by Crippen LogP contribution is 2.36. The number of unbranched alkanes of at least 4 members (excludes halogenated alkanes) is 1. The van der Waals surface area contributed by atoms with Gasteiger partial charge in [0, 0.05) is 12.5 Å². The van der Waals surface area contributed by atoms with Gasteiger partial charge < -0.3 is 9.84 Å². The Bertz CT molecular complexity index is 1070. The lowest BCUT2D eigenvalue weighted by Crippen LogP contribution is -2.29. The van der Waals surface area contributed by atoms with Crippen molar-refractivity contribution in [1.29, 1.82) is 5.26 Å². The van der Waals surface area contributed by atoms with E-state index in [-0.39, 0.29) is 35.3 Å². The number of nitriles is 1. The number of Topliss-reactive ketones (excluding diaryl/α,β-unsaturated/α-hetero) is 1. The zero-order valence-electron chi connectivity index (χ0n) is 19.9. The molecule has 1 heterocycles. The molecule has 0 spiro atoms. The molecule has 6 nitrogen and oxygen atoms in total. The second kappa shape index (κ2) is 11.2. The van der Waals surface area contributed by atoms with Gasteiger partial charge in [-0.3, -0.25) is 14.2 Å². The van der Waals surface area contributed by atoms with Crippen molar-refractivity contribution in [3.8, 4) is 17.7 Å². The maximum Gasteiger partial charge on any atom is 0.271 e. The summed E-state index contributed by atoms with van der Waals surface area (Å²) in [6.07, 6.45) is 7.68. The number of hydrogen-bond acceptors (Lipinski definition) is 5. The van der Waals surface area contributed by atoms with Crippen molar-refractivity contribution < 1.29 is 14.6 Å². The standard InChI is InChI=1S/C27H34N2O4/c1-4-5-6-19-7-11-21(12-8-19)25(30)24-18(2)23(17-28)26(31)29(27(24)32)16-15-20-9-13-22(33-3)14-10-20/h9-10,13-14,19,21,32H,4-8,11-12,15-16H2,1-3H3. The number of carbonyl (C=O) groups excluding carboxylic acids is 1. The Morgan fingerprint density at radius 1 is 1.21 bits per heavy atom. The fourth-order valence-corrected chi connectivity index (χ4v) is 4.90. The van der Waals surface area contributed by atoms with E-state index in [0.29, 0.717) is 17.9 Å². The number of aryl methyl sites for hydroxylation is 1. The summed E-state index contributed by atoms with van der Waals surface area (Å²) in [5, 5.41) is 20.6. The molecule has 6 heteroatoms. The highest BCUT2D eigenvalue weighted by atomic mass is 16.5. The number of carbonyl (C=O) groups is 1. The molecule has 0 saturated heterocycles. The van der Waals surface area contributed by atoms with Crippen molar-refractivity contribution in [1.82, 2.24) is 4.57 Å². The van der Waals surface area contributed by atoms with Gasteiger partial charge in [-0.25, -0.2) is 0 Å². The molecule has 33 heavy (non-hydrogen) atoms. The number of pyridine rings is 1. The summed E-state index contributed by atoms with van der Waals surface area (Å²) in [7, 11) is 1.60. The van der Waals surface area contributed by atoms with Crippen LogP contribution in [0.2, 0.25) is 0 Å². The first kappa shape index (κ1) is 24.6. The lowest BCUT2D eigenvalue weighted by atomic mass is 9.76. The third-order valence-electron chi connectivity index (χ3n) is 7.01. The van der Waals surface area contributed by atoms with Gasteiger partial charge in [0.05, 0.1) is 12.7 Å². The fraction of sp³-hybridized carbons (Fsp3) is 0.519. The summed E-state index contributed by atoms with van der Waals surface area (Å²) >= 11 is 0. The minimum atomic E-state index is -0.555. The van der Waals surface area contributed by atoms with Crippen LogP contribution in [-0.4, -0.2) is 22.6 Å². The van der Waals surface area contributed by atoms with Crippen LogP contribution in [0.25, 0.3) is 0 Å². The predicted molar refractivity (Wildman–Crippen MR) is 128 cm³/mol. The number of ketones is 1. The number of aromatic nitrogens is 1. The van der Waals surface area contributed by atoms with Gasteiger partial charge in [-0.1, -0.05) is 38.3 Å². The van der Waals surface area contributed by atoms with E-state index in [2.05, 4.69) is 6.92 Å². The molecular formula is C27H34N2O4. The average Bonchev–Trinajstić information content (AvgIpc) is 2.83. The van der Waals surface area contributed by atoms with Gasteiger partial charge in [0.25, 0.3) is 5.56 Å². The van der Waals surface area contributed by atoms with Crippen LogP contribution in [-0.2, 0) is 13.0 Å². The summed E-state index contributed by atoms with van der Waals surface area (Å²) in [6.45, 7) is 3.96. The summed E-state index contributed by atoms with van der Waals surface area (Å²) < 4.78 is 6.35. The molecule has 1 aliphatic rings. The molecule has 3 rings (SSSR count). The average molecular weight is 451 g/mol. The quantitative estimate of drug-likeness (QED) is 0.533. The maximum absolute atomic E-state index is 13.4. The Hall–Kier alpha value is -3.07. The van der Waals surface area contributed by atoms with E-state index in [1.165, 1.54) is 23.8 Å². The number of rotatable bonds is 9. The van der Waals surface area contributed by atoms with Crippen LogP contribution in [0.4, 0.5) is 0 Å². The van der Waals surface area contributed by atoms with Gasteiger partial charge in [0.1, 0.15) is 17.4 Å². The summed E-state index contributed by atoms with van der Waals surface area (Å²) in [5.41, 5.74) is 0.763. The number of aromatic hydroxyl groups is 1. The Labute approximate surface area is 195 Å². The molecule has 1 N–H and O–H groups in total. The Balaban J connectivity index is 1.85. The zero-order chi connectivity index (χ0) is 24.0. The molecule has 1 aliphatic carbocycles. The first-order valence-corrected chi connectivity index (χ1v) is 11.9. The molecule has 176 valence electrons. The van der Waals surface area contributed by atoms with Crippen LogP contribution in [0.5, 0.6) is 11.6 Å². The summed E-state index contributed by atoms with van der Waals surface area (Å²) in [6, 6.07) is 9.41. The van der Waals surface area contributed by atoms with Crippen molar-refractivity contribution >= 4 is 5.78 Å². The van der Waals surface area contributed by atoms with Crippen molar-refractivity contribution in [3.05, 3.63) is 56.9 Å². The number of ether oxygens (including phenoxy) is 1. The minimum Gasteiger partial charge on any atom is -0.497 e. The molecule has 1 fully saturated rings. The summed E-state index contributed by atoms with van der Waals surface area (Å²) in [5.74, 6) is 0.762. The molecule has 0 aliphatic heterocycles. The van der Waals surface area contributed by atoms with Crippen LogP contribution in [0.15, 0.2) is 29.1 Å². The molecule has 0 radical (unpaired) electrons.